The van der Waals surface area contributed by atoms with Crippen molar-refractivity contribution in [2.75, 3.05) is 7.11 Å². The molecule has 4 aromatic rings. The molecule has 0 saturated heterocycles. The molecule has 0 unspecified atom stereocenters. The van der Waals surface area contributed by atoms with Gasteiger partial charge in [-0.05, 0) is 55.0 Å². The normalized spacial score (nSPS) is 10.9. The number of para-hydroxylation sites is 2. The molecule has 1 heterocycles. The first-order valence-corrected chi connectivity index (χ1v) is 10.1. The van der Waals surface area contributed by atoms with Gasteiger partial charge in [0.1, 0.15) is 6.61 Å². The number of methoxy groups -OCH3 is 1. The predicted octanol–water partition coefficient (Wildman–Crippen LogP) is 4.29. The van der Waals surface area contributed by atoms with Crippen LogP contribution >= 0.6 is 0 Å². The first-order valence-electron chi connectivity index (χ1n) is 10.1. The van der Waals surface area contributed by atoms with E-state index in [4.69, 9.17) is 9.47 Å². The van der Waals surface area contributed by atoms with Crippen molar-refractivity contribution in [1.29, 1.82) is 0 Å². The largest absolute Gasteiger partial charge is 0.493 e. The Kier molecular flexibility index (Phi) is 6.36. The summed E-state index contributed by atoms with van der Waals surface area (Å²) in [6.07, 6.45) is 1.55. The van der Waals surface area contributed by atoms with Gasteiger partial charge in [-0.2, -0.15) is 5.10 Å². The Bertz CT molecular complexity index is 1270. The van der Waals surface area contributed by atoms with Gasteiger partial charge in [-0.1, -0.05) is 30.3 Å². The number of aromatic nitrogens is 2. The molecule has 0 radical (unpaired) electrons. The first kappa shape index (κ1) is 21.0. The summed E-state index contributed by atoms with van der Waals surface area (Å²) in [5.74, 6) is 0.850. The quantitative estimate of drug-likeness (QED) is 0.352. The summed E-state index contributed by atoms with van der Waals surface area (Å²) < 4.78 is 11.4. The van der Waals surface area contributed by atoms with E-state index < -0.39 is 0 Å². The van der Waals surface area contributed by atoms with E-state index in [-0.39, 0.29) is 12.5 Å². The molecule has 0 atom stereocenters. The highest BCUT2D eigenvalue weighted by Gasteiger charge is 2.10. The van der Waals surface area contributed by atoms with Gasteiger partial charge in [0.2, 0.25) is 0 Å². The van der Waals surface area contributed by atoms with Crippen molar-refractivity contribution in [3.8, 4) is 11.5 Å². The summed E-state index contributed by atoms with van der Waals surface area (Å²) >= 11 is 0. The van der Waals surface area contributed by atoms with Crippen molar-refractivity contribution in [2.45, 2.75) is 13.5 Å². The second-order valence-electron chi connectivity index (χ2n) is 7.01. The molecule has 7 heteroatoms. The fourth-order valence-electron chi connectivity index (χ4n) is 3.11. The lowest BCUT2D eigenvalue weighted by Crippen LogP contribution is -2.17. The molecule has 3 aromatic carbocycles. The molecule has 0 aliphatic heterocycles. The number of hydrogen-bond acceptors (Lipinski definition) is 6. The Balaban J connectivity index is 1.43. The molecule has 0 aliphatic carbocycles. The molecule has 0 aliphatic rings. The van der Waals surface area contributed by atoms with E-state index in [9.17, 15) is 4.79 Å². The van der Waals surface area contributed by atoms with Crippen LogP contribution in [0.5, 0.6) is 11.5 Å². The zero-order valence-electron chi connectivity index (χ0n) is 17.8. The van der Waals surface area contributed by atoms with Crippen molar-refractivity contribution >= 4 is 23.2 Å². The topological polar surface area (TPSA) is 85.7 Å². The van der Waals surface area contributed by atoms with Crippen molar-refractivity contribution in [2.24, 2.45) is 5.10 Å². The number of nitrogens with zero attached hydrogens (tertiary/aromatic N) is 3. The number of hydrazone groups is 1. The van der Waals surface area contributed by atoms with Gasteiger partial charge in [0, 0.05) is 5.56 Å². The fraction of sp³-hybridized carbons (Fsp3) is 0.120. The van der Waals surface area contributed by atoms with Gasteiger partial charge in [-0.3, -0.25) is 4.79 Å². The molecule has 4 rings (SSSR count). The van der Waals surface area contributed by atoms with Crippen molar-refractivity contribution in [1.82, 2.24) is 15.4 Å². The van der Waals surface area contributed by atoms with Gasteiger partial charge in [0.05, 0.1) is 35.7 Å². The molecule has 0 fully saturated rings. The van der Waals surface area contributed by atoms with Gasteiger partial charge in [0.15, 0.2) is 11.5 Å². The average molecular weight is 426 g/mol. The van der Waals surface area contributed by atoms with Gasteiger partial charge >= 0.3 is 0 Å². The molecular formula is C25H22N4O3. The minimum absolute atomic E-state index is 0.264. The lowest BCUT2D eigenvalue weighted by molar-refractivity contribution is 0.0955. The van der Waals surface area contributed by atoms with Crippen LogP contribution in [-0.4, -0.2) is 29.2 Å². The summed E-state index contributed by atoms with van der Waals surface area (Å²) in [7, 11) is 1.57. The van der Waals surface area contributed by atoms with Gasteiger partial charge < -0.3 is 9.47 Å². The molecule has 0 bridgehead atoms. The number of ether oxygens (including phenoxy) is 2. The lowest BCUT2D eigenvalue weighted by Gasteiger charge is -2.12. The second kappa shape index (κ2) is 9.70. The zero-order valence-corrected chi connectivity index (χ0v) is 17.8. The van der Waals surface area contributed by atoms with Crippen LogP contribution in [0.3, 0.4) is 0 Å². The third-order valence-electron chi connectivity index (χ3n) is 4.81. The van der Waals surface area contributed by atoms with Crippen molar-refractivity contribution < 1.29 is 14.3 Å². The maximum Gasteiger partial charge on any atom is 0.271 e. The molecule has 0 spiro atoms. The molecule has 0 saturated carbocycles. The predicted molar refractivity (Wildman–Crippen MR) is 123 cm³/mol. The molecular weight excluding hydrogens is 404 g/mol. The van der Waals surface area contributed by atoms with Crippen LogP contribution in [-0.2, 0) is 6.61 Å². The van der Waals surface area contributed by atoms with E-state index in [2.05, 4.69) is 20.5 Å². The Morgan fingerprint density at radius 3 is 2.44 bits per heavy atom. The number of aryl methyl sites for hydroxylation is 1. The molecule has 1 amide bonds. The smallest absolute Gasteiger partial charge is 0.271 e. The van der Waals surface area contributed by atoms with Crippen molar-refractivity contribution in [3.05, 3.63) is 95.3 Å². The summed E-state index contributed by atoms with van der Waals surface area (Å²) in [5, 5.41) is 4.02. The van der Waals surface area contributed by atoms with Gasteiger partial charge in [-0.15, -0.1) is 0 Å². The van der Waals surface area contributed by atoms with E-state index in [0.29, 0.717) is 17.1 Å². The minimum Gasteiger partial charge on any atom is -0.493 e. The number of hydrogen-bond donors (Lipinski definition) is 1. The standard InChI is InChI=1S/C25H22N4O3/c1-17-22(28-21-11-7-6-10-20(21)27-17)16-32-23-13-12-18(14-24(23)31-2)15-26-29-25(30)19-8-4-3-5-9-19/h3-15H,16H2,1-2H3,(H,29,30)/b26-15-. The Labute approximate surface area is 185 Å². The highest BCUT2D eigenvalue weighted by atomic mass is 16.5. The summed E-state index contributed by atoms with van der Waals surface area (Å²) in [6, 6.07) is 22.0. The Morgan fingerprint density at radius 2 is 1.69 bits per heavy atom. The number of carbonyl (C=O) groups is 1. The molecule has 160 valence electrons. The number of carbonyl (C=O) groups excluding carboxylic acids is 1. The first-order chi connectivity index (χ1) is 15.6. The Morgan fingerprint density at radius 1 is 0.969 bits per heavy atom. The summed E-state index contributed by atoms with van der Waals surface area (Å²) in [5.41, 5.74) is 7.07. The number of fused-ring (bicyclic) bond motifs is 1. The average Bonchev–Trinajstić information content (AvgIpc) is 2.83. The molecule has 1 aromatic heterocycles. The minimum atomic E-state index is -0.277. The van der Waals surface area contributed by atoms with Crippen LogP contribution in [0.1, 0.15) is 27.3 Å². The summed E-state index contributed by atoms with van der Waals surface area (Å²) in [4.78, 5) is 21.3. The molecule has 7 nitrogen and oxygen atoms in total. The second-order valence-corrected chi connectivity index (χ2v) is 7.01. The number of rotatable bonds is 7. The van der Waals surface area contributed by atoms with Crippen LogP contribution < -0.4 is 14.9 Å². The maximum atomic E-state index is 12.1. The maximum absolute atomic E-state index is 12.1. The van der Waals surface area contributed by atoms with E-state index in [1.807, 2.05) is 43.3 Å². The third-order valence-corrected chi connectivity index (χ3v) is 4.81. The fourth-order valence-corrected chi connectivity index (χ4v) is 3.11. The lowest BCUT2D eigenvalue weighted by atomic mass is 10.2. The van der Waals surface area contributed by atoms with Crippen LogP contribution in [0.15, 0.2) is 77.9 Å². The highest BCUT2D eigenvalue weighted by Crippen LogP contribution is 2.28. The Hall–Kier alpha value is -4.26. The van der Waals surface area contributed by atoms with Crippen LogP contribution in [0.4, 0.5) is 0 Å². The van der Waals surface area contributed by atoms with Gasteiger partial charge in [-0.25, -0.2) is 15.4 Å². The van der Waals surface area contributed by atoms with E-state index in [1.165, 1.54) is 0 Å². The highest BCUT2D eigenvalue weighted by molar-refractivity contribution is 5.94. The number of amides is 1. The molecule has 1 N–H and O–H groups in total. The number of nitrogens with one attached hydrogen (secondary N) is 1. The van der Waals surface area contributed by atoms with Crippen LogP contribution in [0.25, 0.3) is 11.0 Å². The van der Waals surface area contributed by atoms with E-state index >= 15 is 0 Å². The van der Waals surface area contributed by atoms with Crippen LogP contribution in [0, 0.1) is 6.92 Å². The zero-order chi connectivity index (χ0) is 22.3. The molecule has 32 heavy (non-hydrogen) atoms. The van der Waals surface area contributed by atoms with Gasteiger partial charge in [0.25, 0.3) is 5.91 Å². The number of benzene rings is 3. The van der Waals surface area contributed by atoms with E-state index in [0.717, 1.165) is 28.0 Å². The SMILES string of the molecule is COc1cc(/C=N\NC(=O)c2ccccc2)ccc1OCc1nc2ccccc2nc1C. The van der Waals surface area contributed by atoms with Crippen molar-refractivity contribution in [3.63, 3.8) is 0 Å². The van der Waals surface area contributed by atoms with E-state index in [1.54, 1.807) is 49.7 Å². The van der Waals surface area contributed by atoms with Crippen LogP contribution in [0.2, 0.25) is 0 Å². The summed E-state index contributed by atoms with van der Waals surface area (Å²) in [6.45, 7) is 2.18. The third kappa shape index (κ3) is 4.89. The monoisotopic (exact) mass is 426 g/mol.